The van der Waals surface area contributed by atoms with Crippen LogP contribution in [-0.4, -0.2) is 52.6 Å². The molecule has 0 radical (unpaired) electrons. The molecule has 180 valence electrons. The van der Waals surface area contributed by atoms with Crippen LogP contribution in [0.3, 0.4) is 0 Å². The first kappa shape index (κ1) is 27.7. The molecule has 0 aliphatic carbocycles. The summed E-state index contributed by atoms with van der Waals surface area (Å²) >= 11 is 3.33. The van der Waals surface area contributed by atoms with Crippen molar-refractivity contribution in [3.05, 3.63) is 29.8 Å². The zero-order valence-corrected chi connectivity index (χ0v) is 21.1. The highest BCUT2D eigenvalue weighted by Gasteiger charge is 2.30. The topological polar surface area (TPSA) is 117 Å². The summed E-state index contributed by atoms with van der Waals surface area (Å²) in [5, 5.41) is 18.6. The van der Waals surface area contributed by atoms with Gasteiger partial charge in [-0.15, -0.1) is 0 Å². The zero-order valence-electron chi connectivity index (χ0n) is 19.5. The van der Waals surface area contributed by atoms with Crippen LogP contribution < -0.4 is 16.0 Å². The van der Waals surface area contributed by atoms with Gasteiger partial charge in [-0.25, -0.2) is 4.79 Å². The Hall–Kier alpha value is -2.29. The van der Waals surface area contributed by atoms with Gasteiger partial charge in [0.15, 0.2) is 0 Å². The Labute approximate surface area is 199 Å². The number of hydrogen-bond donors (Lipinski definition) is 4. The lowest BCUT2D eigenvalue weighted by Crippen LogP contribution is -2.56. The Morgan fingerprint density at radius 1 is 1.09 bits per heavy atom. The quantitative estimate of drug-likeness (QED) is 0.267. The van der Waals surface area contributed by atoms with Crippen LogP contribution >= 0.6 is 15.9 Å². The van der Waals surface area contributed by atoms with Crippen LogP contribution in [0.2, 0.25) is 0 Å². The molecule has 0 fully saturated rings. The highest BCUT2D eigenvalue weighted by molar-refractivity contribution is 9.09. The normalized spacial score (nSPS) is 14.1. The van der Waals surface area contributed by atoms with E-state index in [0.29, 0.717) is 13.0 Å². The van der Waals surface area contributed by atoms with Gasteiger partial charge < -0.3 is 25.8 Å². The number of rotatable bonds is 11. The lowest BCUT2D eigenvalue weighted by atomic mass is 9.97. The highest BCUT2D eigenvalue weighted by atomic mass is 79.9. The summed E-state index contributed by atoms with van der Waals surface area (Å²) < 4.78 is 5.31. The van der Waals surface area contributed by atoms with E-state index in [4.69, 9.17) is 4.74 Å². The summed E-state index contributed by atoms with van der Waals surface area (Å²) in [6.07, 6.45) is 0.914. The number of alkyl carbamates (subject to hydrolysis) is 1. The largest absolute Gasteiger partial charge is 0.508 e. The van der Waals surface area contributed by atoms with Crippen molar-refractivity contribution in [2.45, 2.75) is 71.6 Å². The van der Waals surface area contributed by atoms with Crippen molar-refractivity contribution in [1.29, 1.82) is 0 Å². The van der Waals surface area contributed by atoms with Crippen LogP contribution in [0.4, 0.5) is 4.79 Å². The van der Waals surface area contributed by atoms with E-state index < -0.39 is 29.7 Å². The number of halogens is 1. The third-order valence-electron chi connectivity index (χ3n) is 4.79. The van der Waals surface area contributed by atoms with Crippen molar-refractivity contribution in [2.24, 2.45) is 5.92 Å². The lowest BCUT2D eigenvalue weighted by Gasteiger charge is -2.27. The van der Waals surface area contributed by atoms with E-state index in [2.05, 4.69) is 31.9 Å². The molecule has 0 bridgehead atoms. The first-order valence-electron chi connectivity index (χ1n) is 10.9. The molecule has 1 aromatic rings. The van der Waals surface area contributed by atoms with Gasteiger partial charge in [-0.3, -0.25) is 9.59 Å². The maximum Gasteiger partial charge on any atom is 0.408 e. The number of ether oxygens (including phenoxy) is 1. The van der Waals surface area contributed by atoms with E-state index in [9.17, 15) is 19.5 Å². The smallest absolute Gasteiger partial charge is 0.408 e. The van der Waals surface area contributed by atoms with Crippen molar-refractivity contribution in [1.82, 2.24) is 16.0 Å². The minimum atomic E-state index is -0.962. The molecule has 3 atom stereocenters. The standard InChI is InChI=1S/C23H36BrN3O5/c1-6-15(2)19(21(30)25-13-7-12-24)27-20(29)18(26-22(31)32-23(3,4)5)14-16-8-10-17(28)11-9-16/h8-11,15,18-19,28H,6-7,12-14H2,1-5H3,(H,25,30)(H,26,31)(H,27,29)/t15?,18-,19-/m0/s1. The molecule has 1 aromatic carbocycles. The molecule has 0 aliphatic heterocycles. The second-order valence-corrected chi connectivity index (χ2v) is 9.57. The second-order valence-electron chi connectivity index (χ2n) is 8.77. The number of amides is 3. The summed E-state index contributed by atoms with van der Waals surface area (Å²) in [7, 11) is 0. The van der Waals surface area contributed by atoms with E-state index in [0.717, 1.165) is 17.3 Å². The predicted octanol–water partition coefficient (Wildman–Crippen LogP) is 3.26. The summed E-state index contributed by atoms with van der Waals surface area (Å²) in [5.74, 6) is -0.732. The Morgan fingerprint density at radius 3 is 2.25 bits per heavy atom. The number of phenolic OH excluding ortho intramolecular Hbond substituents is 1. The number of alkyl halides is 1. The first-order chi connectivity index (χ1) is 15.0. The Kier molecular flexibility index (Phi) is 11.5. The molecule has 0 saturated carbocycles. The number of hydrogen-bond acceptors (Lipinski definition) is 5. The average molecular weight is 514 g/mol. The van der Waals surface area contributed by atoms with Crippen LogP contribution in [0.25, 0.3) is 0 Å². The number of benzene rings is 1. The van der Waals surface area contributed by atoms with E-state index in [1.807, 2.05) is 13.8 Å². The van der Waals surface area contributed by atoms with Gasteiger partial charge >= 0.3 is 6.09 Å². The number of aromatic hydroxyl groups is 1. The molecule has 1 rings (SSSR count). The van der Waals surface area contributed by atoms with Gasteiger partial charge in [-0.1, -0.05) is 48.3 Å². The fourth-order valence-corrected chi connectivity index (χ4v) is 3.15. The number of carbonyl (C=O) groups excluding carboxylic acids is 3. The van der Waals surface area contributed by atoms with Crippen LogP contribution in [0.15, 0.2) is 24.3 Å². The molecule has 0 spiro atoms. The monoisotopic (exact) mass is 513 g/mol. The maximum atomic E-state index is 13.2. The number of nitrogens with one attached hydrogen (secondary N) is 3. The fraction of sp³-hybridized carbons (Fsp3) is 0.609. The van der Waals surface area contributed by atoms with Gasteiger partial charge in [0.05, 0.1) is 0 Å². The number of carbonyl (C=O) groups is 3. The second kappa shape index (κ2) is 13.3. The third kappa shape index (κ3) is 10.3. The number of phenols is 1. The highest BCUT2D eigenvalue weighted by Crippen LogP contribution is 2.14. The molecular weight excluding hydrogens is 478 g/mol. The van der Waals surface area contributed by atoms with Crippen molar-refractivity contribution >= 4 is 33.8 Å². The average Bonchev–Trinajstić information content (AvgIpc) is 2.71. The first-order valence-corrected chi connectivity index (χ1v) is 12.0. The van der Waals surface area contributed by atoms with E-state index in [-0.39, 0.29) is 24.0 Å². The van der Waals surface area contributed by atoms with Crippen molar-refractivity contribution in [3.8, 4) is 5.75 Å². The Balaban J connectivity index is 3.02. The zero-order chi connectivity index (χ0) is 24.3. The van der Waals surface area contributed by atoms with Crippen LogP contribution in [0.5, 0.6) is 5.75 Å². The van der Waals surface area contributed by atoms with Gasteiger partial charge in [0.1, 0.15) is 23.4 Å². The van der Waals surface area contributed by atoms with Crippen molar-refractivity contribution < 1.29 is 24.2 Å². The summed E-state index contributed by atoms with van der Waals surface area (Å²) in [4.78, 5) is 38.2. The Bertz CT molecular complexity index is 749. The SMILES string of the molecule is CCC(C)[C@H](NC(=O)[C@H](Cc1ccc(O)cc1)NC(=O)OC(C)(C)C)C(=O)NCCCBr. The predicted molar refractivity (Wildman–Crippen MR) is 128 cm³/mol. The lowest BCUT2D eigenvalue weighted by molar-refractivity contribution is -0.131. The molecule has 0 aliphatic rings. The van der Waals surface area contributed by atoms with Crippen molar-refractivity contribution in [2.75, 3.05) is 11.9 Å². The third-order valence-corrected chi connectivity index (χ3v) is 5.35. The molecule has 3 amide bonds. The molecule has 0 heterocycles. The summed E-state index contributed by atoms with van der Waals surface area (Å²) in [6, 6.07) is 4.67. The molecule has 0 aromatic heterocycles. The molecule has 1 unspecified atom stereocenters. The molecule has 32 heavy (non-hydrogen) atoms. The minimum Gasteiger partial charge on any atom is -0.508 e. The maximum absolute atomic E-state index is 13.2. The van der Waals surface area contributed by atoms with Crippen LogP contribution in [-0.2, 0) is 20.7 Å². The summed E-state index contributed by atoms with van der Waals surface area (Å²) in [6.45, 7) is 9.54. The van der Waals surface area contributed by atoms with Gasteiger partial charge in [-0.05, 0) is 50.8 Å². The molecule has 8 nitrogen and oxygen atoms in total. The van der Waals surface area contributed by atoms with Crippen LogP contribution in [0.1, 0.15) is 53.0 Å². The van der Waals surface area contributed by atoms with Crippen LogP contribution in [0, 0.1) is 5.92 Å². The Morgan fingerprint density at radius 2 is 1.72 bits per heavy atom. The fourth-order valence-electron chi connectivity index (χ4n) is 2.87. The van der Waals surface area contributed by atoms with Gasteiger partial charge in [-0.2, -0.15) is 0 Å². The van der Waals surface area contributed by atoms with E-state index >= 15 is 0 Å². The van der Waals surface area contributed by atoms with E-state index in [1.165, 1.54) is 12.1 Å². The minimum absolute atomic E-state index is 0.0984. The molecular formula is C23H36BrN3O5. The van der Waals surface area contributed by atoms with Gasteiger partial charge in [0.25, 0.3) is 0 Å². The summed E-state index contributed by atoms with van der Waals surface area (Å²) in [5.41, 5.74) is 0.0129. The van der Waals surface area contributed by atoms with Gasteiger partial charge in [0.2, 0.25) is 11.8 Å². The van der Waals surface area contributed by atoms with Crippen molar-refractivity contribution in [3.63, 3.8) is 0 Å². The molecule has 9 heteroatoms. The molecule has 4 N–H and O–H groups in total. The van der Waals surface area contributed by atoms with Gasteiger partial charge in [0, 0.05) is 18.3 Å². The molecule has 0 saturated heterocycles. The van der Waals surface area contributed by atoms with E-state index in [1.54, 1.807) is 32.9 Å².